The number of carbonyl (C=O) groups is 1. The van der Waals surface area contributed by atoms with Crippen molar-refractivity contribution in [2.45, 2.75) is 12.4 Å². The van der Waals surface area contributed by atoms with E-state index in [1.165, 1.54) is 0 Å². The van der Waals surface area contributed by atoms with E-state index in [1.54, 1.807) is 13.2 Å². The maximum atomic E-state index is 10.5. The van der Waals surface area contributed by atoms with Crippen molar-refractivity contribution in [2.24, 2.45) is 0 Å². The highest BCUT2D eigenvalue weighted by atomic mass is 16.8. The Morgan fingerprint density at radius 2 is 2.38 bits per heavy atom. The Morgan fingerprint density at radius 1 is 1.54 bits per heavy atom. The first-order chi connectivity index (χ1) is 6.35. The van der Waals surface area contributed by atoms with Gasteiger partial charge in [0.2, 0.25) is 0 Å². The summed E-state index contributed by atoms with van der Waals surface area (Å²) in [4.78, 5) is 10.5. The fraction of sp³-hybridized carbons (Fsp3) is 0.300. The van der Waals surface area contributed by atoms with E-state index in [0.717, 1.165) is 11.8 Å². The van der Waals surface area contributed by atoms with Crippen LogP contribution in [-0.4, -0.2) is 19.7 Å². The van der Waals surface area contributed by atoms with Crippen LogP contribution >= 0.6 is 0 Å². The molecule has 0 spiro atoms. The Balaban J connectivity index is 2.17. The minimum absolute atomic E-state index is 0.00454. The van der Waals surface area contributed by atoms with Gasteiger partial charge in [-0.15, -0.1) is 0 Å². The molecule has 3 nitrogen and oxygen atoms in total. The molecule has 1 fully saturated rings. The molecule has 68 valence electrons. The van der Waals surface area contributed by atoms with Crippen LogP contribution in [0.25, 0.3) is 0 Å². The lowest BCUT2D eigenvalue weighted by Gasteiger charge is -1.95. The summed E-state index contributed by atoms with van der Waals surface area (Å²) in [7, 11) is 1.61. The zero-order chi connectivity index (χ0) is 9.26. The number of carbonyl (C=O) groups excluding carboxylic acids is 1. The van der Waals surface area contributed by atoms with Crippen LogP contribution < -0.4 is 0 Å². The second-order valence-electron chi connectivity index (χ2n) is 2.95. The largest absolute Gasteiger partial charge is 0.353 e. The van der Waals surface area contributed by atoms with Crippen LogP contribution in [0.3, 0.4) is 0 Å². The van der Waals surface area contributed by atoms with E-state index >= 15 is 0 Å². The molecular formula is C10H10O3. The zero-order valence-electron chi connectivity index (χ0n) is 7.27. The monoisotopic (exact) mass is 178 g/mol. The fourth-order valence-corrected chi connectivity index (χ4v) is 1.32. The molecule has 0 aromatic heterocycles. The Hall–Kier alpha value is -1.19. The van der Waals surface area contributed by atoms with E-state index in [-0.39, 0.29) is 12.4 Å². The lowest BCUT2D eigenvalue weighted by molar-refractivity contribution is 0.0950. The van der Waals surface area contributed by atoms with Gasteiger partial charge in [-0.05, 0) is 11.6 Å². The van der Waals surface area contributed by atoms with Crippen LogP contribution in [0.5, 0.6) is 0 Å². The van der Waals surface area contributed by atoms with Gasteiger partial charge in [0, 0.05) is 12.7 Å². The van der Waals surface area contributed by atoms with Crippen LogP contribution in [-0.2, 0) is 9.47 Å². The molecule has 1 aromatic rings. The molecule has 2 unspecified atom stereocenters. The van der Waals surface area contributed by atoms with Gasteiger partial charge in [-0.1, -0.05) is 18.2 Å². The first-order valence-corrected chi connectivity index (χ1v) is 4.08. The van der Waals surface area contributed by atoms with Gasteiger partial charge in [-0.25, -0.2) is 0 Å². The molecule has 1 aliphatic heterocycles. The van der Waals surface area contributed by atoms with Crippen molar-refractivity contribution in [2.75, 3.05) is 7.11 Å². The predicted molar refractivity (Wildman–Crippen MR) is 46.5 cm³/mol. The lowest BCUT2D eigenvalue weighted by atomic mass is 10.1. The van der Waals surface area contributed by atoms with E-state index in [9.17, 15) is 4.79 Å². The molecule has 2 atom stereocenters. The maximum Gasteiger partial charge on any atom is 0.188 e. The molecule has 1 heterocycles. The fourth-order valence-electron chi connectivity index (χ4n) is 1.32. The van der Waals surface area contributed by atoms with Gasteiger partial charge >= 0.3 is 0 Å². The summed E-state index contributed by atoms with van der Waals surface area (Å²) >= 11 is 0. The first-order valence-electron chi connectivity index (χ1n) is 4.08. The summed E-state index contributed by atoms with van der Waals surface area (Å²) in [5.74, 6) is 0. The summed E-state index contributed by atoms with van der Waals surface area (Å²) < 4.78 is 10.2. The summed E-state index contributed by atoms with van der Waals surface area (Å²) in [5, 5.41) is 0. The number of rotatable bonds is 3. The highest BCUT2D eigenvalue weighted by Crippen LogP contribution is 2.38. The molecule has 0 saturated carbocycles. The standard InChI is InChI=1S/C10H10O3/c1-12-10-9(13-10)8-4-2-3-7(5-8)6-11/h2-6,9-10H,1H3. The summed E-state index contributed by atoms with van der Waals surface area (Å²) in [6.45, 7) is 0. The number of epoxide rings is 1. The van der Waals surface area contributed by atoms with Crippen molar-refractivity contribution in [3.8, 4) is 0 Å². The van der Waals surface area contributed by atoms with E-state index in [4.69, 9.17) is 9.47 Å². The molecule has 13 heavy (non-hydrogen) atoms. The van der Waals surface area contributed by atoms with Crippen molar-refractivity contribution in [3.05, 3.63) is 35.4 Å². The van der Waals surface area contributed by atoms with Crippen LogP contribution in [0, 0.1) is 0 Å². The molecule has 0 N–H and O–H groups in total. The Bertz CT molecular complexity index is 322. The first kappa shape index (κ1) is 8.41. The highest BCUT2D eigenvalue weighted by molar-refractivity contribution is 5.75. The van der Waals surface area contributed by atoms with Crippen molar-refractivity contribution < 1.29 is 14.3 Å². The number of ether oxygens (including phenoxy) is 2. The molecule has 1 aliphatic rings. The van der Waals surface area contributed by atoms with Crippen LogP contribution in [0.15, 0.2) is 24.3 Å². The number of benzene rings is 1. The van der Waals surface area contributed by atoms with Gasteiger partial charge in [0.1, 0.15) is 12.4 Å². The van der Waals surface area contributed by atoms with Gasteiger partial charge < -0.3 is 9.47 Å². The number of hydrogen-bond acceptors (Lipinski definition) is 3. The van der Waals surface area contributed by atoms with Crippen molar-refractivity contribution in [1.82, 2.24) is 0 Å². The molecular weight excluding hydrogens is 168 g/mol. The third-order valence-electron chi connectivity index (χ3n) is 2.06. The van der Waals surface area contributed by atoms with Crippen LogP contribution in [0.1, 0.15) is 22.0 Å². The quantitative estimate of drug-likeness (QED) is 0.520. The average molecular weight is 178 g/mol. The zero-order valence-corrected chi connectivity index (χ0v) is 7.27. The van der Waals surface area contributed by atoms with Crippen molar-refractivity contribution >= 4 is 6.29 Å². The Labute approximate surface area is 76.3 Å². The number of methoxy groups -OCH3 is 1. The number of hydrogen-bond donors (Lipinski definition) is 0. The van der Waals surface area contributed by atoms with Gasteiger partial charge in [-0.2, -0.15) is 0 Å². The van der Waals surface area contributed by atoms with Crippen molar-refractivity contribution in [3.63, 3.8) is 0 Å². The molecule has 0 aliphatic carbocycles. The minimum atomic E-state index is -0.137. The highest BCUT2D eigenvalue weighted by Gasteiger charge is 2.40. The van der Waals surface area contributed by atoms with E-state index in [2.05, 4.69) is 0 Å². The summed E-state index contributed by atoms with van der Waals surface area (Å²) in [6, 6.07) is 7.35. The molecule has 1 aromatic carbocycles. The lowest BCUT2D eigenvalue weighted by Crippen LogP contribution is -1.91. The van der Waals surface area contributed by atoms with Gasteiger partial charge in [0.15, 0.2) is 6.29 Å². The third-order valence-corrected chi connectivity index (χ3v) is 2.06. The van der Waals surface area contributed by atoms with Gasteiger partial charge in [0.25, 0.3) is 0 Å². The second kappa shape index (κ2) is 3.28. The Morgan fingerprint density at radius 3 is 3.00 bits per heavy atom. The van der Waals surface area contributed by atoms with Crippen LogP contribution in [0.2, 0.25) is 0 Å². The smallest absolute Gasteiger partial charge is 0.188 e. The summed E-state index contributed by atoms with van der Waals surface area (Å²) in [6.07, 6.45) is 0.694. The number of aldehydes is 1. The topological polar surface area (TPSA) is 38.8 Å². The third kappa shape index (κ3) is 1.61. The summed E-state index contributed by atoms with van der Waals surface area (Å²) in [5.41, 5.74) is 1.67. The van der Waals surface area contributed by atoms with Gasteiger partial charge in [0.05, 0.1) is 0 Å². The van der Waals surface area contributed by atoms with E-state index in [0.29, 0.717) is 5.56 Å². The molecule has 2 rings (SSSR count). The predicted octanol–water partition coefficient (Wildman–Crippen LogP) is 1.54. The molecule has 0 radical (unpaired) electrons. The van der Waals surface area contributed by atoms with Crippen LogP contribution in [0.4, 0.5) is 0 Å². The Kier molecular flexibility index (Phi) is 2.12. The second-order valence-corrected chi connectivity index (χ2v) is 2.95. The van der Waals surface area contributed by atoms with Crippen molar-refractivity contribution in [1.29, 1.82) is 0 Å². The molecule has 0 bridgehead atoms. The average Bonchev–Trinajstić information content (AvgIpc) is 2.97. The maximum absolute atomic E-state index is 10.5. The van der Waals surface area contributed by atoms with E-state index in [1.807, 2.05) is 18.2 Å². The normalized spacial score (nSPS) is 25.6. The van der Waals surface area contributed by atoms with E-state index < -0.39 is 0 Å². The van der Waals surface area contributed by atoms with Gasteiger partial charge in [-0.3, -0.25) is 4.79 Å². The minimum Gasteiger partial charge on any atom is -0.353 e. The molecule has 0 amide bonds. The molecule has 1 saturated heterocycles. The molecule has 3 heteroatoms. The SMILES string of the molecule is COC1OC1c1cccc(C=O)c1.